The third-order valence-electron chi connectivity index (χ3n) is 3.74. The van der Waals surface area contributed by atoms with Crippen LogP contribution in [0.5, 0.6) is 0 Å². The average Bonchev–Trinajstić information content (AvgIpc) is 2.44. The zero-order chi connectivity index (χ0) is 15.0. The maximum Gasteiger partial charge on any atom is 0.123 e. The van der Waals surface area contributed by atoms with Crippen molar-refractivity contribution in [3.63, 3.8) is 0 Å². The molecule has 1 aromatic carbocycles. The van der Waals surface area contributed by atoms with Crippen molar-refractivity contribution in [3.8, 4) is 0 Å². The highest BCUT2D eigenvalue weighted by Gasteiger charge is 2.15. The van der Waals surface area contributed by atoms with Crippen LogP contribution in [0.2, 0.25) is 0 Å². The van der Waals surface area contributed by atoms with Crippen molar-refractivity contribution in [2.24, 2.45) is 0 Å². The van der Waals surface area contributed by atoms with Crippen molar-refractivity contribution in [3.05, 3.63) is 35.6 Å². The molecule has 2 unspecified atom stereocenters. The predicted molar refractivity (Wildman–Crippen MR) is 81.4 cm³/mol. The van der Waals surface area contributed by atoms with Gasteiger partial charge in [0, 0.05) is 25.7 Å². The van der Waals surface area contributed by atoms with Crippen molar-refractivity contribution in [2.75, 3.05) is 33.9 Å². The minimum Gasteiger partial charge on any atom is -0.383 e. The molecule has 114 valence electrons. The highest BCUT2D eigenvalue weighted by molar-refractivity contribution is 5.20. The lowest BCUT2D eigenvalue weighted by molar-refractivity contribution is 0.0998. The van der Waals surface area contributed by atoms with E-state index in [0.717, 1.165) is 31.7 Å². The van der Waals surface area contributed by atoms with Crippen LogP contribution in [0.15, 0.2) is 24.3 Å². The van der Waals surface area contributed by atoms with Crippen LogP contribution in [0, 0.1) is 5.82 Å². The first-order valence-electron chi connectivity index (χ1n) is 7.28. The first-order chi connectivity index (χ1) is 9.62. The van der Waals surface area contributed by atoms with Crippen LogP contribution in [0.3, 0.4) is 0 Å². The highest BCUT2D eigenvalue weighted by atomic mass is 19.1. The first kappa shape index (κ1) is 17.1. The van der Waals surface area contributed by atoms with E-state index >= 15 is 0 Å². The lowest BCUT2D eigenvalue weighted by atomic mass is 10.0. The maximum absolute atomic E-state index is 13.3. The quantitative estimate of drug-likeness (QED) is 0.754. The van der Waals surface area contributed by atoms with E-state index in [-0.39, 0.29) is 11.9 Å². The number of halogens is 1. The number of nitrogens with one attached hydrogen (secondary N) is 1. The van der Waals surface area contributed by atoms with E-state index in [1.54, 1.807) is 19.2 Å². The molecule has 0 radical (unpaired) electrons. The van der Waals surface area contributed by atoms with E-state index in [9.17, 15) is 4.39 Å². The van der Waals surface area contributed by atoms with Gasteiger partial charge in [-0.2, -0.15) is 0 Å². The highest BCUT2D eigenvalue weighted by Crippen LogP contribution is 2.18. The van der Waals surface area contributed by atoms with Gasteiger partial charge in [-0.3, -0.25) is 4.90 Å². The summed E-state index contributed by atoms with van der Waals surface area (Å²) in [6, 6.07) is 7.40. The number of rotatable bonds is 9. The minimum absolute atomic E-state index is 0.175. The molecule has 3 nitrogen and oxygen atoms in total. The lowest BCUT2D eigenvalue weighted by Crippen LogP contribution is -2.38. The summed E-state index contributed by atoms with van der Waals surface area (Å²) >= 11 is 0. The fourth-order valence-electron chi connectivity index (χ4n) is 2.53. The normalized spacial score (nSPS) is 14.5. The van der Waals surface area contributed by atoms with Crippen LogP contribution in [0.25, 0.3) is 0 Å². The van der Waals surface area contributed by atoms with Crippen LogP contribution < -0.4 is 5.32 Å². The summed E-state index contributed by atoms with van der Waals surface area (Å²) in [6.07, 6.45) is 0.946. The van der Waals surface area contributed by atoms with Gasteiger partial charge in [-0.25, -0.2) is 4.39 Å². The number of likely N-dealkylation sites (N-methyl/N-ethyl adjacent to an activating group) is 1. The number of methoxy groups -OCH3 is 1. The fraction of sp³-hybridized carbons (Fsp3) is 0.625. The van der Waals surface area contributed by atoms with Crippen LogP contribution in [-0.4, -0.2) is 44.8 Å². The number of benzene rings is 1. The number of nitrogens with zero attached hydrogens (tertiary/aromatic N) is 1. The van der Waals surface area contributed by atoms with Gasteiger partial charge in [0.1, 0.15) is 5.82 Å². The van der Waals surface area contributed by atoms with Crippen LogP contribution >= 0.6 is 0 Å². The summed E-state index contributed by atoms with van der Waals surface area (Å²) in [5.74, 6) is -0.178. The van der Waals surface area contributed by atoms with E-state index in [2.05, 4.69) is 24.1 Å². The summed E-state index contributed by atoms with van der Waals surface area (Å²) in [4.78, 5) is 2.38. The molecule has 0 spiro atoms. The molecule has 0 saturated heterocycles. The van der Waals surface area contributed by atoms with Gasteiger partial charge in [0.15, 0.2) is 0 Å². The van der Waals surface area contributed by atoms with Crippen LogP contribution in [0.4, 0.5) is 4.39 Å². The van der Waals surface area contributed by atoms with Crippen molar-refractivity contribution in [1.29, 1.82) is 0 Å². The van der Waals surface area contributed by atoms with Gasteiger partial charge in [0.25, 0.3) is 0 Å². The van der Waals surface area contributed by atoms with Gasteiger partial charge in [-0.15, -0.1) is 0 Å². The molecule has 0 fully saturated rings. The van der Waals surface area contributed by atoms with E-state index in [1.165, 1.54) is 6.07 Å². The third kappa shape index (κ3) is 5.19. The van der Waals surface area contributed by atoms with Crippen molar-refractivity contribution >= 4 is 0 Å². The van der Waals surface area contributed by atoms with E-state index in [4.69, 9.17) is 4.74 Å². The Morgan fingerprint density at radius 2 is 2.15 bits per heavy atom. The molecule has 1 N–H and O–H groups in total. The van der Waals surface area contributed by atoms with Gasteiger partial charge in [0.2, 0.25) is 0 Å². The molecule has 0 bridgehead atoms. The van der Waals surface area contributed by atoms with Crippen molar-refractivity contribution in [1.82, 2.24) is 10.2 Å². The number of hydrogen-bond acceptors (Lipinski definition) is 3. The predicted octanol–water partition coefficient (Wildman–Crippen LogP) is 2.83. The number of hydrogen-bond donors (Lipinski definition) is 1. The van der Waals surface area contributed by atoms with Gasteiger partial charge >= 0.3 is 0 Å². The molecular formula is C16H27FN2O. The molecule has 0 amide bonds. The zero-order valence-corrected chi connectivity index (χ0v) is 13.0. The molecule has 20 heavy (non-hydrogen) atoms. The second-order valence-electron chi connectivity index (χ2n) is 5.12. The van der Waals surface area contributed by atoms with Gasteiger partial charge < -0.3 is 10.1 Å². The Hall–Kier alpha value is -0.970. The van der Waals surface area contributed by atoms with Crippen molar-refractivity contribution < 1.29 is 9.13 Å². The summed E-state index contributed by atoms with van der Waals surface area (Å²) in [7, 11) is 3.65. The number of ether oxygens (including phenoxy) is 1. The summed E-state index contributed by atoms with van der Waals surface area (Å²) < 4.78 is 18.5. The molecule has 0 aliphatic rings. The molecule has 0 aliphatic heterocycles. The lowest BCUT2D eigenvalue weighted by Gasteiger charge is -2.29. The van der Waals surface area contributed by atoms with Crippen molar-refractivity contribution in [2.45, 2.75) is 32.4 Å². The van der Waals surface area contributed by atoms with Crippen LogP contribution in [-0.2, 0) is 4.74 Å². The van der Waals surface area contributed by atoms with Gasteiger partial charge in [-0.1, -0.05) is 19.1 Å². The topological polar surface area (TPSA) is 24.5 Å². The molecule has 0 aliphatic carbocycles. The van der Waals surface area contributed by atoms with E-state index in [1.807, 2.05) is 13.1 Å². The second-order valence-corrected chi connectivity index (χ2v) is 5.12. The molecule has 1 aromatic rings. The first-order valence-corrected chi connectivity index (χ1v) is 7.28. The Balaban J connectivity index is 2.60. The summed E-state index contributed by atoms with van der Waals surface area (Å²) in [5.41, 5.74) is 1.00. The average molecular weight is 282 g/mol. The molecule has 0 heterocycles. The third-order valence-corrected chi connectivity index (χ3v) is 3.74. The molecule has 0 saturated carbocycles. The minimum atomic E-state index is -0.178. The van der Waals surface area contributed by atoms with Gasteiger partial charge in [0.05, 0.1) is 6.61 Å². The zero-order valence-electron chi connectivity index (χ0n) is 13.0. The van der Waals surface area contributed by atoms with Gasteiger partial charge in [-0.05, 0) is 44.6 Å². The Kier molecular flexibility index (Phi) is 7.73. The summed E-state index contributed by atoms with van der Waals surface area (Å²) in [5, 5.41) is 3.27. The van der Waals surface area contributed by atoms with E-state index in [0.29, 0.717) is 6.04 Å². The molecule has 0 aromatic heterocycles. The largest absolute Gasteiger partial charge is 0.383 e. The smallest absolute Gasteiger partial charge is 0.123 e. The Labute approximate surface area is 122 Å². The Morgan fingerprint density at radius 3 is 2.70 bits per heavy atom. The SMILES string of the molecule is CCN(CCC(NC)c1cccc(F)c1)C(C)COC. The van der Waals surface area contributed by atoms with E-state index < -0.39 is 0 Å². The molecular weight excluding hydrogens is 255 g/mol. The van der Waals surface area contributed by atoms with Crippen LogP contribution in [0.1, 0.15) is 31.9 Å². The molecule has 2 atom stereocenters. The molecule has 1 rings (SSSR count). The Morgan fingerprint density at radius 1 is 1.40 bits per heavy atom. The standard InChI is InChI=1S/C16H27FN2O/c1-5-19(13(2)12-20-4)10-9-16(18-3)14-7-6-8-15(17)11-14/h6-8,11,13,16,18H,5,9-10,12H2,1-4H3. The monoisotopic (exact) mass is 282 g/mol. The molecule has 4 heteroatoms. The Bertz CT molecular complexity index is 386. The second kappa shape index (κ2) is 9.06. The fourth-order valence-corrected chi connectivity index (χ4v) is 2.53. The summed E-state index contributed by atoms with van der Waals surface area (Å²) in [6.45, 7) is 7.01. The maximum atomic E-state index is 13.3.